The molecule has 1 aromatic heterocycles. The van der Waals surface area contributed by atoms with Crippen LogP contribution in [0.1, 0.15) is 0 Å². The summed E-state index contributed by atoms with van der Waals surface area (Å²) in [5.41, 5.74) is 10.0. The number of nitrogens with two attached hydrogens (primary N) is 1. The van der Waals surface area contributed by atoms with Crippen molar-refractivity contribution in [2.45, 2.75) is 0 Å². The number of fused-ring (bicyclic) bond motifs is 1. The Balaban J connectivity index is 1.83. The molecule has 0 amide bonds. The molecule has 0 atom stereocenters. The van der Waals surface area contributed by atoms with Gasteiger partial charge >= 0.3 is 0 Å². The fraction of sp³-hybridized carbons (Fsp3) is 0.400. The average molecular weight is 285 g/mol. The number of pyridine rings is 1. The van der Waals surface area contributed by atoms with Crippen molar-refractivity contribution < 1.29 is 4.74 Å². The molecule has 0 bridgehead atoms. The van der Waals surface area contributed by atoms with E-state index in [1.165, 1.54) is 0 Å². The van der Waals surface area contributed by atoms with E-state index in [9.17, 15) is 0 Å². The minimum Gasteiger partial charge on any atom is -0.399 e. The van der Waals surface area contributed by atoms with E-state index in [1.54, 1.807) is 0 Å². The number of benzene rings is 1. The molecule has 3 heterocycles. The molecule has 4 rings (SSSR count). The van der Waals surface area contributed by atoms with Gasteiger partial charge in [-0.15, -0.1) is 0 Å². The van der Waals surface area contributed by atoms with Gasteiger partial charge < -0.3 is 15.4 Å². The number of nitrogen functional groups attached to an aromatic ring is 1. The summed E-state index contributed by atoms with van der Waals surface area (Å²) in [4.78, 5) is 7.14. The van der Waals surface area contributed by atoms with Crippen LogP contribution in [0.5, 0.6) is 0 Å². The molecule has 0 unspecified atom stereocenters. The van der Waals surface area contributed by atoms with E-state index in [2.05, 4.69) is 27.5 Å². The zero-order valence-electron chi connectivity index (χ0n) is 11.9. The monoisotopic (exact) mass is 285 g/mol. The molecule has 2 fully saturated rings. The summed E-state index contributed by atoms with van der Waals surface area (Å²) < 4.78 is 5.43. The largest absolute Gasteiger partial charge is 0.399 e. The van der Waals surface area contributed by atoms with E-state index < -0.39 is 0 Å². The number of hydrazine groups is 1. The molecule has 6 heteroatoms. The molecule has 1 aromatic carbocycles. The van der Waals surface area contributed by atoms with E-state index in [0.717, 1.165) is 67.5 Å². The number of hydrogen-bond donors (Lipinski definition) is 2. The van der Waals surface area contributed by atoms with Crippen LogP contribution >= 0.6 is 0 Å². The van der Waals surface area contributed by atoms with Gasteiger partial charge in [0.25, 0.3) is 0 Å². The van der Waals surface area contributed by atoms with Crippen molar-refractivity contribution >= 4 is 28.1 Å². The molecule has 21 heavy (non-hydrogen) atoms. The molecule has 2 saturated heterocycles. The van der Waals surface area contributed by atoms with Crippen molar-refractivity contribution in [1.82, 2.24) is 10.4 Å². The van der Waals surface area contributed by atoms with Gasteiger partial charge in [0, 0.05) is 30.7 Å². The highest BCUT2D eigenvalue weighted by atomic mass is 16.5. The van der Waals surface area contributed by atoms with Gasteiger partial charge in [-0.3, -0.25) is 5.01 Å². The Morgan fingerprint density at radius 3 is 2.67 bits per heavy atom. The first-order valence-corrected chi connectivity index (χ1v) is 7.35. The van der Waals surface area contributed by atoms with Crippen LogP contribution in [0, 0.1) is 0 Å². The van der Waals surface area contributed by atoms with Crippen LogP contribution in [0.4, 0.5) is 17.3 Å². The van der Waals surface area contributed by atoms with Crippen molar-refractivity contribution in [3.63, 3.8) is 0 Å². The summed E-state index contributed by atoms with van der Waals surface area (Å²) in [6, 6.07) is 8.13. The maximum absolute atomic E-state index is 5.94. The predicted octanol–water partition coefficient (Wildman–Crippen LogP) is 0.978. The second-order valence-corrected chi connectivity index (χ2v) is 5.44. The number of morpholine rings is 1. The highest BCUT2D eigenvalue weighted by Gasteiger charge is 2.21. The number of nitrogens with one attached hydrogen (secondary N) is 1. The number of aromatic nitrogens is 1. The molecule has 110 valence electrons. The quantitative estimate of drug-likeness (QED) is 0.802. The molecule has 3 N–H and O–H groups in total. The Morgan fingerprint density at radius 1 is 1.14 bits per heavy atom. The molecule has 0 saturated carbocycles. The molecule has 0 spiro atoms. The van der Waals surface area contributed by atoms with Crippen molar-refractivity contribution in [2.24, 2.45) is 0 Å². The van der Waals surface area contributed by atoms with Gasteiger partial charge in [-0.2, -0.15) is 0 Å². The second kappa shape index (κ2) is 5.05. The van der Waals surface area contributed by atoms with Crippen LogP contribution in [0.25, 0.3) is 10.8 Å². The lowest BCUT2D eigenvalue weighted by molar-refractivity contribution is 0.122. The Labute approximate surface area is 123 Å². The first kappa shape index (κ1) is 12.7. The van der Waals surface area contributed by atoms with Crippen molar-refractivity contribution in [3.05, 3.63) is 24.3 Å². The highest BCUT2D eigenvalue weighted by Crippen LogP contribution is 2.31. The topological polar surface area (TPSA) is 66.7 Å². The minimum atomic E-state index is 0.758. The minimum absolute atomic E-state index is 0.758. The number of anilines is 3. The van der Waals surface area contributed by atoms with Gasteiger partial charge in [0.15, 0.2) is 5.82 Å². The summed E-state index contributed by atoms with van der Waals surface area (Å²) in [6.07, 6.45) is 0. The Hall–Kier alpha value is -2.05. The molecule has 0 aliphatic carbocycles. The van der Waals surface area contributed by atoms with E-state index in [1.807, 2.05) is 12.1 Å². The van der Waals surface area contributed by atoms with Crippen LogP contribution in [0.3, 0.4) is 0 Å². The highest BCUT2D eigenvalue weighted by molar-refractivity contribution is 5.96. The molecule has 6 nitrogen and oxygen atoms in total. The van der Waals surface area contributed by atoms with Crippen molar-refractivity contribution in [3.8, 4) is 0 Å². The van der Waals surface area contributed by atoms with Gasteiger partial charge in [-0.05, 0) is 29.7 Å². The SMILES string of the molecule is Nc1ccc2c(N3CCN3)nc(N3CCOCC3)cc2c1. The zero-order chi connectivity index (χ0) is 14.2. The first-order valence-electron chi connectivity index (χ1n) is 7.35. The maximum atomic E-state index is 5.94. The smallest absolute Gasteiger partial charge is 0.153 e. The van der Waals surface area contributed by atoms with E-state index in [4.69, 9.17) is 15.5 Å². The molecular weight excluding hydrogens is 266 g/mol. The third-order valence-electron chi connectivity index (χ3n) is 4.05. The Bertz CT molecular complexity index is 664. The van der Waals surface area contributed by atoms with Crippen LogP contribution in [0.15, 0.2) is 24.3 Å². The van der Waals surface area contributed by atoms with Crippen LogP contribution in [-0.4, -0.2) is 44.4 Å². The molecule has 2 aliphatic rings. The van der Waals surface area contributed by atoms with Crippen LogP contribution in [-0.2, 0) is 4.74 Å². The summed E-state index contributed by atoms with van der Waals surface area (Å²) in [5, 5.41) is 4.37. The van der Waals surface area contributed by atoms with Gasteiger partial charge in [-0.25, -0.2) is 10.4 Å². The van der Waals surface area contributed by atoms with Gasteiger partial charge in [-0.1, -0.05) is 0 Å². The Kier molecular flexibility index (Phi) is 3.05. The standard InChI is InChI=1S/C15H19N5O/c16-12-1-2-13-11(9-12)10-14(19-5-7-21-8-6-19)18-15(13)20-4-3-17-20/h1-2,9-10,17H,3-8,16H2. The van der Waals surface area contributed by atoms with E-state index in [-0.39, 0.29) is 0 Å². The number of ether oxygens (including phenoxy) is 1. The lowest BCUT2D eigenvalue weighted by atomic mass is 10.1. The number of nitrogens with zero attached hydrogens (tertiary/aromatic N) is 3. The summed E-state index contributed by atoms with van der Waals surface area (Å²) >= 11 is 0. The zero-order valence-corrected chi connectivity index (χ0v) is 11.9. The lowest BCUT2D eigenvalue weighted by Gasteiger charge is -2.35. The Morgan fingerprint density at radius 2 is 1.95 bits per heavy atom. The van der Waals surface area contributed by atoms with E-state index >= 15 is 0 Å². The van der Waals surface area contributed by atoms with E-state index in [0.29, 0.717) is 0 Å². The van der Waals surface area contributed by atoms with Gasteiger partial charge in [0.1, 0.15) is 5.82 Å². The summed E-state index contributed by atoms with van der Waals surface area (Å²) in [7, 11) is 0. The number of hydrogen-bond acceptors (Lipinski definition) is 6. The van der Waals surface area contributed by atoms with Crippen LogP contribution < -0.4 is 21.1 Å². The lowest BCUT2D eigenvalue weighted by Crippen LogP contribution is -2.54. The van der Waals surface area contributed by atoms with Gasteiger partial charge in [0.2, 0.25) is 0 Å². The maximum Gasteiger partial charge on any atom is 0.153 e. The normalized spacial score (nSPS) is 18.9. The summed E-state index contributed by atoms with van der Waals surface area (Å²) in [6.45, 7) is 5.27. The van der Waals surface area contributed by atoms with Crippen LogP contribution in [0.2, 0.25) is 0 Å². The van der Waals surface area contributed by atoms with Crippen molar-refractivity contribution in [1.29, 1.82) is 0 Å². The molecule has 2 aromatic rings. The second-order valence-electron chi connectivity index (χ2n) is 5.44. The predicted molar refractivity (Wildman–Crippen MR) is 84.5 cm³/mol. The molecule has 2 aliphatic heterocycles. The van der Waals surface area contributed by atoms with Crippen molar-refractivity contribution in [2.75, 3.05) is 55.0 Å². The third-order valence-corrected chi connectivity index (χ3v) is 4.05. The fourth-order valence-corrected chi connectivity index (χ4v) is 2.81. The first-order chi connectivity index (χ1) is 10.3. The third kappa shape index (κ3) is 2.26. The fourth-order valence-electron chi connectivity index (χ4n) is 2.81. The number of rotatable bonds is 2. The molecular formula is C15H19N5O. The van der Waals surface area contributed by atoms with Gasteiger partial charge in [0.05, 0.1) is 19.8 Å². The molecule has 0 radical (unpaired) electrons. The average Bonchev–Trinajstić information content (AvgIpc) is 2.46. The summed E-state index contributed by atoms with van der Waals surface area (Å²) in [5.74, 6) is 1.99.